The summed E-state index contributed by atoms with van der Waals surface area (Å²) in [7, 11) is 1.47. The van der Waals surface area contributed by atoms with Gasteiger partial charge in [-0.15, -0.1) is 0 Å². The third-order valence-corrected chi connectivity index (χ3v) is 7.18. The van der Waals surface area contributed by atoms with E-state index in [9.17, 15) is 13.6 Å². The number of carbonyl (C=O) groups is 1. The zero-order valence-corrected chi connectivity index (χ0v) is 19.1. The lowest BCUT2D eigenvalue weighted by Gasteiger charge is -2.49. The van der Waals surface area contributed by atoms with Crippen LogP contribution in [0.5, 0.6) is 11.5 Å². The van der Waals surface area contributed by atoms with Crippen molar-refractivity contribution in [2.45, 2.75) is 39.2 Å². The molecule has 3 aliphatic rings. The maximum Gasteiger partial charge on any atom is 0.313 e. The van der Waals surface area contributed by atoms with Crippen LogP contribution in [-0.2, 0) is 29.0 Å². The topological polar surface area (TPSA) is 48.0 Å². The molecule has 2 fully saturated rings. The van der Waals surface area contributed by atoms with Gasteiger partial charge in [-0.3, -0.25) is 4.79 Å². The molecule has 1 aliphatic heterocycles. The third kappa shape index (κ3) is 4.19. The van der Waals surface area contributed by atoms with E-state index in [0.717, 1.165) is 45.3 Å². The Morgan fingerprint density at radius 3 is 2.36 bits per heavy atom. The van der Waals surface area contributed by atoms with Crippen LogP contribution in [0, 0.1) is 22.5 Å². The zero-order valence-electron chi connectivity index (χ0n) is 19.1. The Kier molecular flexibility index (Phi) is 5.55. The molecule has 5 rings (SSSR count). The van der Waals surface area contributed by atoms with Crippen LogP contribution in [0.4, 0.5) is 8.78 Å². The van der Waals surface area contributed by atoms with Crippen LogP contribution in [0.2, 0.25) is 0 Å². The first-order valence-corrected chi connectivity index (χ1v) is 11.5. The number of ether oxygens (including phenoxy) is 3. The summed E-state index contributed by atoms with van der Waals surface area (Å²) >= 11 is 0. The molecule has 0 aromatic heterocycles. The minimum atomic E-state index is -0.721. The number of esters is 1. The Morgan fingerprint density at radius 1 is 1.03 bits per heavy atom. The summed E-state index contributed by atoms with van der Waals surface area (Å²) in [6, 6.07) is 8.57. The van der Waals surface area contributed by atoms with E-state index in [1.54, 1.807) is 6.92 Å². The Bertz CT molecular complexity index is 1050. The summed E-state index contributed by atoms with van der Waals surface area (Å²) in [5.41, 5.74) is 2.97. The van der Waals surface area contributed by atoms with Crippen molar-refractivity contribution in [3.63, 3.8) is 0 Å². The number of likely N-dealkylation sites (tertiary alicyclic amines) is 1. The molecule has 7 heteroatoms. The quantitative estimate of drug-likeness (QED) is 0.554. The predicted octanol–water partition coefficient (Wildman–Crippen LogP) is 4.30. The average Bonchev–Trinajstić information content (AvgIpc) is 3.45. The van der Waals surface area contributed by atoms with E-state index >= 15 is 0 Å². The molecule has 0 radical (unpaired) electrons. The standard InChI is InChI=1S/C26H29F2NO4/c1-3-32-23-21(27)8-17(9-22(23)28)13-33-20-5-4-18-11-25(12-19(18)10-20)14-29(15-25)16-26(6-7-26)24(30)31-2/h4-5,8-10H,3,6-7,11-16H2,1-2H3. The van der Waals surface area contributed by atoms with E-state index in [1.165, 1.54) is 30.4 Å². The van der Waals surface area contributed by atoms with E-state index in [-0.39, 0.29) is 35.8 Å². The van der Waals surface area contributed by atoms with E-state index in [1.807, 2.05) is 12.1 Å². The fourth-order valence-electron chi connectivity index (χ4n) is 5.50. The van der Waals surface area contributed by atoms with Gasteiger partial charge in [0.25, 0.3) is 0 Å². The SMILES string of the molecule is CCOc1c(F)cc(COc2ccc3c(c2)CC2(C3)CN(CC3(C(=O)OC)CC3)C2)cc1F. The highest BCUT2D eigenvalue weighted by molar-refractivity contribution is 5.80. The van der Waals surface area contributed by atoms with Gasteiger partial charge in [0.1, 0.15) is 12.4 Å². The van der Waals surface area contributed by atoms with Crippen LogP contribution in [-0.4, -0.2) is 44.2 Å². The van der Waals surface area contributed by atoms with Crippen molar-refractivity contribution in [1.82, 2.24) is 4.90 Å². The van der Waals surface area contributed by atoms with Gasteiger partial charge in [-0.2, -0.15) is 0 Å². The number of halogens is 2. The molecule has 33 heavy (non-hydrogen) atoms. The molecule has 2 aliphatic carbocycles. The fraction of sp³-hybridized carbons (Fsp3) is 0.500. The van der Waals surface area contributed by atoms with Gasteiger partial charge in [0.05, 0.1) is 19.1 Å². The predicted molar refractivity (Wildman–Crippen MR) is 118 cm³/mol. The van der Waals surface area contributed by atoms with E-state index in [0.29, 0.717) is 11.3 Å². The largest absolute Gasteiger partial charge is 0.489 e. The van der Waals surface area contributed by atoms with Gasteiger partial charge in [0, 0.05) is 25.0 Å². The highest BCUT2D eigenvalue weighted by Crippen LogP contribution is 2.51. The number of hydrogen-bond donors (Lipinski definition) is 0. The van der Waals surface area contributed by atoms with Crippen molar-refractivity contribution in [2.24, 2.45) is 10.8 Å². The molecule has 176 valence electrons. The van der Waals surface area contributed by atoms with E-state index in [4.69, 9.17) is 14.2 Å². The second-order valence-corrected chi connectivity index (χ2v) is 9.81. The first kappa shape index (κ1) is 22.1. The van der Waals surface area contributed by atoms with Crippen LogP contribution in [0.3, 0.4) is 0 Å². The van der Waals surface area contributed by atoms with Crippen LogP contribution >= 0.6 is 0 Å². The summed E-state index contributed by atoms with van der Waals surface area (Å²) in [6.45, 7) is 4.72. The van der Waals surface area contributed by atoms with E-state index < -0.39 is 11.6 Å². The van der Waals surface area contributed by atoms with Gasteiger partial charge in [0.2, 0.25) is 0 Å². The molecule has 5 nitrogen and oxygen atoms in total. The molecule has 1 saturated carbocycles. The lowest BCUT2D eigenvalue weighted by Crippen LogP contribution is -2.58. The summed E-state index contributed by atoms with van der Waals surface area (Å²) < 4.78 is 44.0. The minimum Gasteiger partial charge on any atom is -0.489 e. The molecule has 1 saturated heterocycles. The lowest BCUT2D eigenvalue weighted by atomic mass is 9.76. The van der Waals surface area contributed by atoms with Crippen LogP contribution in [0.1, 0.15) is 36.5 Å². The molecular formula is C26H29F2NO4. The maximum atomic E-state index is 14.1. The molecule has 2 aromatic carbocycles. The van der Waals surface area contributed by atoms with Gasteiger partial charge in [-0.1, -0.05) is 6.07 Å². The van der Waals surface area contributed by atoms with Gasteiger partial charge < -0.3 is 19.1 Å². The van der Waals surface area contributed by atoms with Crippen molar-refractivity contribution in [2.75, 3.05) is 33.4 Å². The average molecular weight is 458 g/mol. The van der Waals surface area contributed by atoms with Gasteiger partial charge in [0.15, 0.2) is 17.4 Å². The molecule has 1 heterocycles. The van der Waals surface area contributed by atoms with Gasteiger partial charge in [-0.25, -0.2) is 8.78 Å². The number of benzene rings is 2. The molecule has 0 bridgehead atoms. The summed E-state index contributed by atoms with van der Waals surface area (Å²) in [6.07, 6.45) is 3.85. The van der Waals surface area contributed by atoms with Crippen molar-refractivity contribution in [3.05, 3.63) is 58.7 Å². The molecule has 0 unspecified atom stereocenters. The minimum absolute atomic E-state index is 0.0766. The van der Waals surface area contributed by atoms with Crippen LogP contribution in [0.15, 0.2) is 30.3 Å². The number of hydrogen-bond acceptors (Lipinski definition) is 5. The molecular weight excluding hydrogens is 428 g/mol. The highest BCUT2D eigenvalue weighted by Gasteiger charge is 2.56. The van der Waals surface area contributed by atoms with Crippen molar-refractivity contribution in [1.29, 1.82) is 0 Å². The summed E-state index contributed by atoms with van der Waals surface area (Å²) in [5, 5.41) is 0. The monoisotopic (exact) mass is 457 g/mol. The number of carbonyl (C=O) groups excluding carboxylic acids is 1. The molecule has 0 atom stereocenters. The Morgan fingerprint density at radius 2 is 1.73 bits per heavy atom. The third-order valence-electron chi connectivity index (χ3n) is 7.18. The number of fused-ring (bicyclic) bond motifs is 1. The number of nitrogens with zero attached hydrogens (tertiary/aromatic N) is 1. The van der Waals surface area contributed by atoms with Crippen LogP contribution in [0.25, 0.3) is 0 Å². The van der Waals surface area contributed by atoms with Crippen molar-refractivity contribution < 1.29 is 27.8 Å². The smallest absolute Gasteiger partial charge is 0.313 e. The second kappa shape index (κ2) is 8.28. The molecule has 0 amide bonds. The van der Waals surface area contributed by atoms with E-state index in [2.05, 4.69) is 11.0 Å². The second-order valence-electron chi connectivity index (χ2n) is 9.81. The van der Waals surface area contributed by atoms with Gasteiger partial charge in [-0.05, 0) is 73.6 Å². The Hall–Kier alpha value is -2.67. The Labute approximate surface area is 192 Å². The summed E-state index contributed by atoms with van der Waals surface area (Å²) in [4.78, 5) is 14.4. The molecule has 0 N–H and O–H groups in total. The fourth-order valence-corrected chi connectivity index (χ4v) is 5.50. The first-order chi connectivity index (χ1) is 15.9. The zero-order chi connectivity index (χ0) is 23.2. The first-order valence-electron chi connectivity index (χ1n) is 11.5. The number of methoxy groups -OCH3 is 1. The highest BCUT2D eigenvalue weighted by atomic mass is 19.1. The normalized spacial score (nSPS) is 19.6. The van der Waals surface area contributed by atoms with Crippen molar-refractivity contribution >= 4 is 5.97 Å². The lowest BCUT2D eigenvalue weighted by molar-refractivity contribution is -0.149. The summed E-state index contributed by atoms with van der Waals surface area (Å²) in [5.74, 6) is -1.17. The maximum absolute atomic E-state index is 14.1. The molecule has 1 spiro atoms. The van der Waals surface area contributed by atoms with Crippen LogP contribution < -0.4 is 9.47 Å². The Balaban J connectivity index is 1.18. The van der Waals surface area contributed by atoms with Crippen molar-refractivity contribution in [3.8, 4) is 11.5 Å². The number of rotatable bonds is 8. The van der Waals surface area contributed by atoms with Gasteiger partial charge >= 0.3 is 5.97 Å². The molecule has 2 aromatic rings.